The van der Waals surface area contributed by atoms with Gasteiger partial charge in [0.1, 0.15) is 11.5 Å². The molecular weight excluding hydrogens is 380 g/mol. The van der Waals surface area contributed by atoms with E-state index in [2.05, 4.69) is 5.32 Å². The molecule has 1 aliphatic heterocycles. The van der Waals surface area contributed by atoms with E-state index in [0.29, 0.717) is 17.9 Å². The summed E-state index contributed by atoms with van der Waals surface area (Å²) in [6.07, 6.45) is 0.866. The van der Waals surface area contributed by atoms with Gasteiger partial charge in [0.15, 0.2) is 6.10 Å². The number of rotatable bonds is 6. The number of amides is 1. The van der Waals surface area contributed by atoms with E-state index in [1.54, 1.807) is 31.4 Å². The average molecular weight is 404 g/mol. The van der Waals surface area contributed by atoms with Crippen LogP contribution in [0.1, 0.15) is 24.9 Å². The Morgan fingerprint density at radius 3 is 2.54 bits per heavy atom. The number of carbonyl (C=O) groups excluding carboxylic acids is 1. The predicted octanol–water partition coefficient (Wildman–Crippen LogP) is 2.49. The Hall–Kier alpha value is -2.74. The summed E-state index contributed by atoms with van der Waals surface area (Å²) in [5.74, 6) is 0.753. The molecule has 150 valence electrons. The molecule has 0 fully saturated rings. The molecule has 0 radical (unpaired) electrons. The van der Waals surface area contributed by atoms with Crippen molar-refractivity contribution in [2.24, 2.45) is 0 Å². The molecule has 0 aromatic heterocycles. The first kappa shape index (κ1) is 20.0. The van der Waals surface area contributed by atoms with Gasteiger partial charge in [0.2, 0.25) is 10.0 Å². The molecule has 28 heavy (non-hydrogen) atoms. The predicted molar refractivity (Wildman–Crippen MR) is 107 cm³/mol. The number of sulfonamides is 1. The maximum atomic E-state index is 12.9. The van der Waals surface area contributed by atoms with Gasteiger partial charge >= 0.3 is 0 Å². The summed E-state index contributed by atoms with van der Waals surface area (Å²) in [4.78, 5) is 12.9. The summed E-state index contributed by atoms with van der Waals surface area (Å²) in [5, 5.41) is 2.97. The van der Waals surface area contributed by atoms with E-state index in [1.165, 1.54) is 4.31 Å². The molecule has 2 atom stereocenters. The molecule has 8 heteroatoms. The van der Waals surface area contributed by atoms with Crippen LogP contribution >= 0.6 is 0 Å². The fraction of sp³-hybridized carbons (Fsp3) is 0.350. The van der Waals surface area contributed by atoms with Gasteiger partial charge in [-0.3, -0.25) is 9.10 Å². The quantitative estimate of drug-likeness (QED) is 0.800. The first-order chi connectivity index (χ1) is 13.3. The van der Waals surface area contributed by atoms with Crippen LogP contribution < -0.4 is 19.1 Å². The van der Waals surface area contributed by atoms with Gasteiger partial charge in [-0.05, 0) is 36.2 Å². The number of carbonyl (C=O) groups is 1. The maximum Gasteiger partial charge on any atom is 0.263 e. The Labute approximate surface area is 165 Å². The highest BCUT2D eigenvalue weighted by Gasteiger charge is 2.35. The average Bonchev–Trinajstić information content (AvgIpc) is 2.70. The second kappa shape index (κ2) is 8.10. The molecule has 1 amide bonds. The fourth-order valence-corrected chi connectivity index (χ4v) is 4.09. The number of nitrogens with one attached hydrogen (secondary N) is 1. The molecule has 3 rings (SSSR count). The third kappa shape index (κ3) is 4.22. The van der Waals surface area contributed by atoms with Gasteiger partial charge < -0.3 is 14.8 Å². The Balaban J connectivity index is 1.79. The smallest absolute Gasteiger partial charge is 0.263 e. The van der Waals surface area contributed by atoms with E-state index in [9.17, 15) is 13.2 Å². The first-order valence-electron chi connectivity index (χ1n) is 9.01. The highest BCUT2D eigenvalue weighted by Crippen LogP contribution is 2.34. The topological polar surface area (TPSA) is 84.9 Å². The van der Waals surface area contributed by atoms with Gasteiger partial charge in [0.25, 0.3) is 5.91 Å². The van der Waals surface area contributed by atoms with Gasteiger partial charge in [-0.2, -0.15) is 0 Å². The molecule has 0 unspecified atom stereocenters. The summed E-state index contributed by atoms with van der Waals surface area (Å²) in [5.41, 5.74) is 1.38. The molecule has 1 N–H and O–H groups in total. The number of hydrogen-bond donors (Lipinski definition) is 1. The zero-order valence-corrected chi connectivity index (χ0v) is 16.9. The van der Waals surface area contributed by atoms with Crippen LogP contribution in [0.3, 0.4) is 0 Å². The summed E-state index contributed by atoms with van der Waals surface area (Å²) >= 11 is 0. The van der Waals surface area contributed by atoms with Crippen molar-refractivity contribution in [1.82, 2.24) is 5.32 Å². The third-order valence-electron chi connectivity index (χ3n) is 4.67. The number of benzene rings is 2. The summed E-state index contributed by atoms with van der Waals surface area (Å²) in [6.45, 7) is 1.90. The lowest BCUT2D eigenvalue weighted by Gasteiger charge is -2.34. The van der Waals surface area contributed by atoms with Crippen molar-refractivity contribution in [3.8, 4) is 11.5 Å². The van der Waals surface area contributed by atoms with Crippen LogP contribution in [0, 0.1) is 0 Å². The second-order valence-electron chi connectivity index (χ2n) is 6.61. The van der Waals surface area contributed by atoms with Crippen molar-refractivity contribution in [2.45, 2.75) is 25.5 Å². The molecule has 1 aliphatic rings. The van der Waals surface area contributed by atoms with Crippen LogP contribution in [0.25, 0.3) is 0 Å². The Morgan fingerprint density at radius 1 is 1.25 bits per heavy atom. The lowest BCUT2D eigenvalue weighted by Crippen LogP contribution is -2.51. The van der Waals surface area contributed by atoms with Crippen molar-refractivity contribution in [3.63, 3.8) is 0 Å². The highest BCUT2D eigenvalue weighted by atomic mass is 32.2. The van der Waals surface area contributed by atoms with Crippen molar-refractivity contribution in [2.75, 3.05) is 24.2 Å². The van der Waals surface area contributed by atoms with Gasteiger partial charge in [-0.15, -0.1) is 0 Å². The van der Waals surface area contributed by atoms with E-state index in [1.807, 2.05) is 31.2 Å². The molecule has 0 saturated heterocycles. The number of anilines is 1. The lowest BCUT2D eigenvalue weighted by atomic mass is 10.0. The lowest BCUT2D eigenvalue weighted by molar-refractivity contribution is -0.128. The molecule has 1 heterocycles. The molecule has 0 spiro atoms. The maximum absolute atomic E-state index is 12.9. The zero-order valence-electron chi connectivity index (χ0n) is 16.1. The Morgan fingerprint density at radius 2 is 1.93 bits per heavy atom. The van der Waals surface area contributed by atoms with Crippen LogP contribution in [0.5, 0.6) is 11.5 Å². The molecule has 0 saturated carbocycles. The van der Waals surface area contributed by atoms with Crippen LogP contribution in [0.15, 0.2) is 48.5 Å². The van der Waals surface area contributed by atoms with E-state index in [4.69, 9.17) is 9.47 Å². The number of nitrogens with zero attached hydrogens (tertiary/aromatic N) is 1. The SMILES string of the molecule is CC[C@@H](NC(=O)[C@H]1CN(S(C)(=O)=O)c2ccccc2O1)c1ccc(OC)cc1. The van der Waals surface area contributed by atoms with E-state index in [-0.39, 0.29) is 18.5 Å². The fourth-order valence-electron chi connectivity index (χ4n) is 3.17. The third-order valence-corrected chi connectivity index (χ3v) is 5.82. The molecule has 0 bridgehead atoms. The van der Waals surface area contributed by atoms with Crippen LogP contribution in [0.4, 0.5) is 5.69 Å². The molecular formula is C20H24N2O5S. The van der Waals surface area contributed by atoms with Crippen LogP contribution in [-0.2, 0) is 14.8 Å². The van der Waals surface area contributed by atoms with Crippen LogP contribution in [0.2, 0.25) is 0 Å². The minimum absolute atomic E-state index is 0.0687. The van der Waals surface area contributed by atoms with Crippen molar-refractivity contribution < 1.29 is 22.7 Å². The van der Waals surface area contributed by atoms with Gasteiger partial charge in [-0.25, -0.2) is 8.42 Å². The first-order valence-corrected chi connectivity index (χ1v) is 10.9. The highest BCUT2D eigenvalue weighted by molar-refractivity contribution is 7.92. The van der Waals surface area contributed by atoms with Gasteiger partial charge in [0.05, 0.1) is 31.6 Å². The molecule has 2 aromatic rings. The van der Waals surface area contributed by atoms with Gasteiger partial charge in [-0.1, -0.05) is 31.2 Å². The largest absolute Gasteiger partial charge is 0.497 e. The van der Waals surface area contributed by atoms with Crippen LogP contribution in [-0.4, -0.2) is 40.3 Å². The van der Waals surface area contributed by atoms with E-state index < -0.39 is 16.1 Å². The Kier molecular flexibility index (Phi) is 5.79. The number of hydrogen-bond acceptors (Lipinski definition) is 5. The van der Waals surface area contributed by atoms with Crippen molar-refractivity contribution in [3.05, 3.63) is 54.1 Å². The zero-order chi connectivity index (χ0) is 20.3. The van der Waals surface area contributed by atoms with Gasteiger partial charge in [0, 0.05) is 0 Å². The number of para-hydroxylation sites is 2. The summed E-state index contributed by atoms with van der Waals surface area (Å²) < 4.78 is 36.6. The standard InChI is InChI=1S/C20H24N2O5S/c1-4-16(14-9-11-15(26-2)12-10-14)21-20(23)19-13-22(28(3,24)25)17-7-5-6-8-18(17)27-19/h5-12,16,19H,4,13H2,1-3H3,(H,21,23)/t16-,19-/m1/s1. The summed E-state index contributed by atoms with van der Waals surface area (Å²) in [6, 6.07) is 14.0. The monoisotopic (exact) mass is 404 g/mol. The van der Waals surface area contributed by atoms with Crippen molar-refractivity contribution in [1.29, 1.82) is 0 Å². The normalized spacial score (nSPS) is 17.2. The molecule has 7 nitrogen and oxygen atoms in total. The minimum Gasteiger partial charge on any atom is -0.497 e. The van der Waals surface area contributed by atoms with Crippen molar-refractivity contribution >= 4 is 21.6 Å². The second-order valence-corrected chi connectivity index (χ2v) is 8.52. The Bertz CT molecular complexity index is 943. The number of methoxy groups -OCH3 is 1. The molecule has 2 aromatic carbocycles. The molecule has 0 aliphatic carbocycles. The minimum atomic E-state index is -3.54. The van der Waals surface area contributed by atoms with E-state index >= 15 is 0 Å². The number of ether oxygens (including phenoxy) is 2. The van der Waals surface area contributed by atoms with E-state index in [0.717, 1.165) is 17.6 Å². The number of fused-ring (bicyclic) bond motifs is 1. The summed E-state index contributed by atoms with van der Waals surface area (Å²) in [7, 11) is -1.94.